The maximum Gasteiger partial charge on any atom is 0.302 e. The molecule has 2 aromatic rings. The number of hydrogen-bond donors (Lipinski definition) is 0. The first kappa shape index (κ1) is 14.5. The zero-order valence-electron chi connectivity index (χ0n) is 12.0. The fourth-order valence-electron chi connectivity index (χ4n) is 2.34. The number of ether oxygens (including phenoxy) is 3. The summed E-state index contributed by atoms with van der Waals surface area (Å²) in [5.74, 6) is -0.321. The number of rotatable bonds is 3. The van der Waals surface area contributed by atoms with E-state index in [2.05, 4.69) is 0 Å². The van der Waals surface area contributed by atoms with Gasteiger partial charge in [0.2, 0.25) is 6.29 Å². The SMILES string of the molecule is CC(=O)OCc1cc(F)cc2c1O[C@H](c1ccccc1)OC2. The number of halogens is 1. The molecule has 5 heteroatoms. The zero-order valence-corrected chi connectivity index (χ0v) is 12.0. The molecule has 1 aliphatic heterocycles. The van der Waals surface area contributed by atoms with E-state index in [1.165, 1.54) is 19.1 Å². The highest BCUT2D eigenvalue weighted by atomic mass is 19.1. The Morgan fingerprint density at radius 2 is 2.09 bits per heavy atom. The van der Waals surface area contributed by atoms with Crippen molar-refractivity contribution >= 4 is 5.97 Å². The molecule has 0 saturated carbocycles. The number of hydrogen-bond acceptors (Lipinski definition) is 4. The third-order valence-corrected chi connectivity index (χ3v) is 3.33. The third-order valence-electron chi connectivity index (χ3n) is 3.33. The van der Waals surface area contributed by atoms with Crippen LogP contribution in [0.2, 0.25) is 0 Å². The Hall–Kier alpha value is -2.40. The van der Waals surface area contributed by atoms with Crippen LogP contribution in [0.15, 0.2) is 42.5 Å². The van der Waals surface area contributed by atoms with Crippen molar-refractivity contribution in [1.82, 2.24) is 0 Å². The maximum absolute atomic E-state index is 13.6. The van der Waals surface area contributed by atoms with Gasteiger partial charge in [0.15, 0.2) is 0 Å². The number of carbonyl (C=O) groups excluding carboxylic acids is 1. The molecule has 0 aliphatic carbocycles. The van der Waals surface area contributed by atoms with Crippen LogP contribution in [-0.2, 0) is 27.5 Å². The van der Waals surface area contributed by atoms with Crippen molar-refractivity contribution < 1.29 is 23.4 Å². The molecule has 0 radical (unpaired) electrons. The van der Waals surface area contributed by atoms with Gasteiger partial charge in [0.05, 0.1) is 6.61 Å². The minimum atomic E-state index is -0.560. The van der Waals surface area contributed by atoms with E-state index in [-0.39, 0.29) is 13.2 Å². The van der Waals surface area contributed by atoms with Gasteiger partial charge in [-0.3, -0.25) is 4.79 Å². The van der Waals surface area contributed by atoms with E-state index < -0.39 is 18.1 Å². The lowest BCUT2D eigenvalue weighted by molar-refractivity contribution is -0.142. The predicted octanol–water partition coefficient (Wildman–Crippen LogP) is 3.50. The molecule has 0 unspecified atom stereocenters. The maximum atomic E-state index is 13.6. The molecule has 0 spiro atoms. The smallest absolute Gasteiger partial charge is 0.302 e. The summed E-state index contributed by atoms with van der Waals surface area (Å²) >= 11 is 0. The summed E-state index contributed by atoms with van der Waals surface area (Å²) < 4.78 is 30.1. The highest BCUT2D eigenvalue weighted by Gasteiger charge is 2.25. The summed E-state index contributed by atoms with van der Waals surface area (Å²) in [7, 11) is 0. The van der Waals surface area contributed by atoms with Gasteiger partial charge < -0.3 is 14.2 Å². The molecule has 0 aromatic heterocycles. The van der Waals surface area contributed by atoms with Gasteiger partial charge in [-0.05, 0) is 12.1 Å². The quantitative estimate of drug-likeness (QED) is 0.814. The molecule has 4 nitrogen and oxygen atoms in total. The molecule has 0 N–H and O–H groups in total. The van der Waals surface area contributed by atoms with Crippen LogP contribution in [0.3, 0.4) is 0 Å². The molecular weight excluding hydrogens is 287 g/mol. The Kier molecular flexibility index (Phi) is 4.06. The van der Waals surface area contributed by atoms with E-state index in [4.69, 9.17) is 14.2 Å². The standard InChI is InChI=1S/C17H15FO4/c1-11(19)20-9-13-7-15(18)8-14-10-21-17(22-16(13)14)12-5-3-2-4-6-12/h2-8,17H,9-10H2,1H3/t17-/m1/s1. The van der Waals surface area contributed by atoms with Crippen molar-refractivity contribution in [3.05, 3.63) is 65.0 Å². The average Bonchev–Trinajstić information content (AvgIpc) is 2.53. The molecule has 0 bridgehead atoms. The van der Waals surface area contributed by atoms with Crippen LogP contribution in [0, 0.1) is 5.82 Å². The van der Waals surface area contributed by atoms with E-state index in [1.807, 2.05) is 30.3 Å². The third kappa shape index (κ3) is 3.09. The molecule has 2 aromatic carbocycles. The molecule has 0 amide bonds. The van der Waals surface area contributed by atoms with Gasteiger partial charge in [-0.2, -0.15) is 0 Å². The summed E-state index contributed by atoms with van der Waals surface area (Å²) in [6, 6.07) is 12.2. The van der Waals surface area contributed by atoms with Crippen molar-refractivity contribution in [2.75, 3.05) is 0 Å². The van der Waals surface area contributed by atoms with Crippen LogP contribution in [-0.4, -0.2) is 5.97 Å². The van der Waals surface area contributed by atoms with Gasteiger partial charge in [0.1, 0.15) is 18.2 Å². The van der Waals surface area contributed by atoms with Gasteiger partial charge in [-0.25, -0.2) is 4.39 Å². The largest absolute Gasteiger partial charge is 0.461 e. The van der Waals surface area contributed by atoms with E-state index >= 15 is 0 Å². The second-order valence-corrected chi connectivity index (χ2v) is 5.00. The van der Waals surface area contributed by atoms with Crippen molar-refractivity contribution in [3.8, 4) is 5.75 Å². The Bertz CT molecular complexity index is 685. The predicted molar refractivity (Wildman–Crippen MR) is 76.5 cm³/mol. The zero-order chi connectivity index (χ0) is 15.5. The number of fused-ring (bicyclic) bond motifs is 1. The van der Waals surface area contributed by atoms with Gasteiger partial charge >= 0.3 is 5.97 Å². The van der Waals surface area contributed by atoms with Gasteiger partial charge in [-0.15, -0.1) is 0 Å². The molecule has 0 fully saturated rings. The fourth-order valence-corrected chi connectivity index (χ4v) is 2.34. The van der Waals surface area contributed by atoms with E-state index in [0.717, 1.165) is 5.56 Å². The molecule has 114 valence electrons. The van der Waals surface area contributed by atoms with E-state index in [0.29, 0.717) is 16.9 Å². The molecule has 3 rings (SSSR count). The monoisotopic (exact) mass is 302 g/mol. The summed E-state index contributed by atoms with van der Waals surface area (Å²) in [5.41, 5.74) is 1.97. The topological polar surface area (TPSA) is 44.8 Å². The Balaban J connectivity index is 1.89. The van der Waals surface area contributed by atoms with Crippen LogP contribution >= 0.6 is 0 Å². The molecular formula is C17H15FO4. The summed E-state index contributed by atoms with van der Waals surface area (Å²) in [6.07, 6.45) is -0.560. The minimum absolute atomic E-state index is 0.0308. The lowest BCUT2D eigenvalue weighted by atomic mass is 10.1. The molecule has 1 atom stereocenters. The first-order chi connectivity index (χ1) is 10.6. The fraction of sp³-hybridized carbons (Fsp3) is 0.235. The minimum Gasteiger partial charge on any atom is -0.461 e. The first-order valence-electron chi connectivity index (χ1n) is 6.91. The molecule has 0 saturated heterocycles. The van der Waals surface area contributed by atoms with Crippen LogP contribution in [0.5, 0.6) is 5.75 Å². The van der Waals surface area contributed by atoms with Crippen LogP contribution in [0.1, 0.15) is 29.9 Å². The van der Waals surface area contributed by atoms with Crippen molar-refractivity contribution in [1.29, 1.82) is 0 Å². The van der Waals surface area contributed by atoms with Gasteiger partial charge in [0, 0.05) is 23.6 Å². The summed E-state index contributed by atoms with van der Waals surface area (Å²) in [5, 5.41) is 0. The van der Waals surface area contributed by atoms with Crippen LogP contribution in [0.25, 0.3) is 0 Å². The average molecular weight is 302 g/mol. The second-order valence-electron chi connectivity index (χ2n) is 5.00. The first-order valence-corrected chi connectivity index (χ1v) is 6.91. The molecule has 1 aliphatic rings. The number of esters is 1. The Morgan fingerprint density at radius 1 is 1.32 bits per heavy atom. The van der Waals surface area contributed by atoms with E-state index in [1.54, 1.807) is 0 Å². The Labute approximate surface area is 127 Å². The lowest BCUT2D eigenvalue weighted by Crippen LogP contribution is -2.19. The summed E-state index contributed by atoms with van der Waals surface area (Å²) in [4.78, 5) is 11.0. The number of carbonyl (C=O) groups is 1. The molecule has 1 heterocycles. The number of benzene rings is 2. The molecule has 22 heavy (non-hydrogen) atoms. The Morgan fingerprint density at radius 3 is 2.82 bits per heavy atom. The van der Waals surface area contributed by atoms with Crippen LogP contribution < -0.4 is 4.74 Å². The highest BCUT2D eigenvalue weighted by Crippen LogP contribution is 2.36. The normalized spacial score (nSPS) is 16.5. The van der Waals surface area contributed by atoms with Crippen molar-refractivity contribution in [3.63, 3.8) is 0 Å². The second kappa shape index (κ2) is 6.15. The van der Waals surface area contributed by atoms with Gasteiger partial charge in [0.25, 0.3) is 0 Å². The van der Waals surface area contributed by atoms with Crippen LogP contribution in [0.4, 0.5) is 4.39 Å². The van der Waals surface area contributed by atoms with Gasteiger partial charge in [-0.1, -0.05) is 30.3 Å². The van der Waals surface area contributed by atoms with Crippen molar-refractivity contribution in [2.45, 2.75) is 26.4 Å². The lowest BCUT2D eigenvalue weighted by Gasteiger charge is -2.28. The summed E-state index contributed by atoms with van der Waals surface area (Å²) in [6.45, 7) is 1.51. The van der Waals surface area contributed by atoms with E-state index in [9.17, 15) is 9.18 Å². The van der Waals surface area contributed by atoms with Crippen molar-refractivity contribution in [2.24, 2.45) is 0 Å². The highest BCUT2D eigenvalue weighted by molar-refractivity contribution is 5.66.